The van der Waals surface area contributed by atoms with Gasteiger partial charge in [0.05, 0.1) is 29.9 Å². The maximum Gasteiger partial charge on any atom is 0.416 e. The molecule has 1 atom stereocenters. The number of aryl methyl sites for hydroxylation is 1. The van der Waals surface area contributed by atoms with Crippen LogP contribution in [-0.2, 0) is 22.1 Å². The first kappa shape index (κ1) is 29.2. The van der Waals surface area contributed by atoms with Crippen molar-refractivity contribution in [1.82, 2.24) is 4.90 Å². The number of ether oxygens (including phenoxy) is 1. The fourth-order valence-corrected chi connectivity index (χ4v) is 4.63. The number of esters is 1. The van der Waals surface area contributed by atoms with Crippen LogP contribution in [-0.4, -0.2) is 41.7 Å². The van der Waals surface area contributed by atoms with E-state index in [-0.39, 0.29) is 23.6 Å². The fourth-order valence-electron chi connectivity index (χ4n) is 4.63. The first-order chi connectivity index (χ1) is 18.5. The minimum atomic E-state index is -4.67. The van der Waals surface area contributed by atoms with Gasteiger partial charge in [-0.1, -0.05) is 18.6 Å². The van der Waals surface area contributed by atoms with Crippen molar-refractivity contribution >= 4 is 23.6 Å². The second-order valence-corrected chi connectivity index (χ2v) is 8.87. The van der Waals surface area contributed by atoms with Crippen LogP contribution in [0.2, 0.25) is 0 Å². The summed E-state index contributed by atoms with van der Waals surface area (Å²) in [6.45, 7) is 1.46. The van der Waals surface area contributed by atoms with Gasteiger partial charge in [0.15, 0.2) is 0 Å². The van der Waals surface area contributed by atoms with E-state index in [0.29, 0.717) is 42.4 Å². The monoisotopic (exact) mass is 543 g/mol. The Morgan fingerprint density at radius 2 is 1.90 bits per heavy atom. The quantitative estimate of drug-likeness (QED) is 0.328. The van der Waals surface area contributed by atoms with E-state index in [4.69, 9.17) is 21.0 Å². The number of aliphatic hydroxyl groups excluding tert-OH is 1. The van der Waals surface area contributed by atoms with Gasteiger partial charge in [0.1, 0.15) is 6.04 Å². The van der Waals surface area contributed by atoms with Crippen molar-refractivity contribution in [3.05, 3.63) is 76.0 Å². The van der Waals surface area contributed by atoms with Crippen LogP contribution in [0.1, 0.15) is 54.5 Å². The van der Waals surface area contributed by atoms with Crippen LogP contribution in [0.25, 0.3) is 0 Å². The summed E-state index contributed by atoms with van der Waals surface area (Å²) in [6, 6.07) is 8.50. The standard InChI is InChI=1S/C27H28F3N5O4/c1-16-22(24(37)39-2)23(21-11-10-17(15-31)13-18(21)7-4-3-5-12-36)35(26(33)38)25(32)34(16)20-9-6-8-19(14-20)27(28,29)30/h6,8-11,13-14,23,32,36H,3-5,7,12H2,1-2H3,(H2,33,38)/t23-/m0/s1. The lowest BCUT2D eigenvalue weighted by Crippen LogP contribution is -2.55. The Morgan fingerprint density at radius 3 is 2.49 bits per heavy atom. The van der Waals surface area contributed by atoms with Gasteiger partial charge in [-0.2, -0.15) is 18.4 Å². The molecule has 0 spiro atoms. The number of urea groups is 1. The largest absolute Gasteiger partial charge is 0.466 e. The summed E-state index contributed by atoms with van der Waals surface area (Å²) in [7, 11) is 1.12. The van der Waals surface area contributed by atoms with Gasteiger partial charge < -0.3 is 15.6 Å². The van der Waals surface area contributed by atoms with E-state index in [9.17, 15) is 28.0 Å². The first-order valence-corrected chi connectivity index (χ1v) is 12.0. The highest BCUT2D eigenvalue weighted by Crippen LogP contribution is 2.42. The predicted molar refractivity (Wildman–Crippen MR) is 136 cm³/mol. The topological polar surface area (TPSA) is 144 Å². The van der Waals surface area contributed by atoms with Gasteiger partial charge in [-0.25, -0.2) is 9.59 Å². The van der Waals surface area contributed by atoms with Gasteiger partial charge in [0, 0.05) is 18.0 Å². The van der Waals surface area contributed by atoms with Crippen LogP contribution < -0.4 is 10.6 Å². The highest BCUT2D eigenvalue weighted by atomic mass is 19.4. The Bertz CT molecular complexity index is 1350. The molecule has 0 bridgehead atoms. The van der Waals surface area contributed by atoms with Crippen molar-refractivity contribution in [2.24, 2.45) is 5.73 Å². The zero-order valence-electron chi connectivity index (χ0n) is 21.4. The number of nitrogens with zero attached hydrogens (tertiary/aromatic N) is 3. The molecule has 0 saturated heterocycles. The smallest absolute Gasteiger partial charge is 0.416 e. The average molecular weight is 544 g/mol. The molecule has 0 fully saturated rings. The molecular weight excluding hydrogens is 515 g/mol. The number of primary amides is 1. The Balaban J connectivity index is 2.28. The molecule has 0 radical (unpaired) electrons. The van der Waals surface area contributed by atoms with Gasteiger partial charge >= 0.3 is 18.2 Å². The maximum atomic E-state index is 13.5. The molecule has 206 valence electrons. The van der Waals surface area contributed by atoms with Gasteiger partial charge in [-0.3, -0.25) is 15.2 Å². The number of allylic oxidation sites excluding steroid dienone is 1. The number of hydrogen-bond acceptors (Lipinski definition) is 6. The molecule has 1 aliphatic heterocycles. The van der Waals surface area contributed by atoms with Crippen molar-refractivity contribution in [2.45, 2.75) is 44.8 Å². The van der Waals surface area contributed by atoms with E-state index in [1.807, 2.05) is 0 Å². The molecule has 39 heavy (non-hydrogen) atoms. The number of carbonyl (C=O) groups excluding carboxylic acids is 2. The van der Waals surface area contributed by atoms with E-state index in [1.165, 1.54) is 19.1 Å². The molecule has 12 heteroatoms. The van der Waals surface area contributed by atoms with Crippen molar-refractivity contribution < 1.29 is 32.6 Å². The van der Waals surface area contributed by atoms with Crippen LogP contribution in [0.4, 0.5) is 23.7 Å². The minimum absolute atomic E-state index is 0.0140. The zero-order valence-corrected chi connectivity index (χ0v) is 21.4. The highest BCUT2D eigenvalue weighted by Gasteiger charge is 2.44. The summed E-state index contributed by atoms with van der Waals surface area (Å²) in [6.07, 6.45) is -2.39. The predicted octanol–water partition coefficient (Wildman–Crippen LogP) is 4.61. The van der Waals surface area contributed by atoms with E-state index < -0.39 is 35.7 Å². The van der Waals surface area contributed by atoms with Crippen molar-refractivity contribution in [1.29, 1.82) is 10.7 Å². The molecule has 2 aromatic carbocycles. The van der Waals surface area contributed by atoms with E-state index in [1.54, 1.807) is 12.1 Å². The Kier molecular flexibility index (Phi) is 8.98. The lowest BCUT2D eigenvalue weighted by molar-refractivity contribution is -0.138. The number of unbranched alkanes of at least 4 members (excludes halogenated alkanes) is 2. The number of carbonyl (C=O) groups is 2. The van der Waals surface area contributed by atoms with Crippen LogP contribution >= 0.6 is 0 Å². The molecule has 3 rings (SSSR count). The van der Waals surface area contributed by atoms with Crippen molar-refractivity contribution in [2.75, 3.05) is 18.6 Å². The lowest BCUT2D eigenvalue weighted by atomic mass is 9.87. The van der Waals surface area contributed by atoms with Gasteiger partial charge in [0.25, 0.3) is 0 Å². The number of aliphatic hydroxyl groups is 1. The second-order valence-electron chi connectivity index (χ2n) is 8.87. The van der Waals surface area contributed by atoms with Crippen molar-refractivity contribution in [3.63, 3.8) is 0 Å². The number of hydrogen-bond donors (Lipinski definition) is 3. The minimum Gasteiger partial charge on any atom is -0.466 e. The number of amides is 2. The summed E-state index contributed by atoms with van der Waals surface area (Å²) in [5.74, 6) is -1.43. The molecule has 0 saturated carbocycles. The summed E-state index contributed by atoms with van der Waals surface area (Å²) >= 11 is 0. The number of rotatable bonds is 8. The number of methoxy groups -OCH3 is 1. The molecule has 9 nitrogen and oxygen atoms in total. The van der Waals surface area contributed by atoms with Crippen LogP contribution in [0, 0.1) is 16.7 Å². The Labute approximate surface area is 223 Å². The number of nitriles is 1. The first-order valence-electron chi connectivity index (χ1n) is 12.0. The third-order valence-electron chi connectivity index (χ3n) is 6.44. The molecule has 0 aliphatic carbocycles. The lowest BCUT2D eigenvalue weighted by Gasteiger charge is -2.43. The van der Waals surface area contributed by atoms with E-state index in [0.717, 1.165) is 35.1 Å². The number of halogens is 3. The number of anilines is 1. The van der Waals surface area contributed by atoms with Crippen LogP contribution in [0.3, 0.4) is 0 Å². The number of nitrogens with two attached hydrogens (primary N) is 1. The Hall–Kier alpha value is -4.37. The maximum absolute atomic E-state index is 13.5. The normalized spacial score (nSPS) is 15.8. The molecule has 0 aromatic heterocycles. The summed E-state index contributed by atoms with van der Waals surface area (Å²) in [4.78, 5) is 27.8. The number of alkyl halides is 3. The Morgan fingerprint density at radius 1 is 1.18 bits per heavy atom. The molecule has 2 amide bonds. The molecule has 4 N–H and O–H groups in total. The fraction of sp³-hybridized carbons (Fsp3) is 0.333. The van der Waals surface area contributed by atoms with E-state index in [2.05, 4.69) is 6.07 Å². The number of benzene rings is 2. The van der Waals surface area contributed by atoms with Gasteiger partial charge in [0.2, 0.25) is 5.96 Å². The third-order valence-corrected chi connectivity index (χ3v) is 6.44. The molecule has 1 aliphatic rings. The molecular formula is C27H28F3N5O4. The summed E-state index contributed by atoms with van der Waals surface area (Å²) < 4.78 is 45.4. The van der Waals surface area contributed by atoms with Crippen LogP contribution in [0.5, 0.6) is 0 Å². The average Bonchev–Trinajstić information content (AvgIpc) is 2.89. The summed E-state index contributed by atoms with van der Waals surface area (Å²) in [5, 5.41) is 27.4. The molecule has 0 unspecified atom stereocenters. The number of nitrogens with one attached hydrogen (secondary N) is 1. The van der Waals surface area contributed by atoms with E-state index >= 15 is 0 Å². The second kappa shape index (κ2) is 12.0. The van der Waals surface area contributed by atoms with Gasteiger partial charge in [-0.05, 0) is 67.6 Å². The van der Waals surface area contributed by atoms with Crippen LogP contribution in [0.15, 0.2) is 53.7 Å². The van der Waals surface area contributed by atoms with Crippen molar-refractivity contribution in [3.8, 4) is 6.07 Å². The SMILES string of the molecule is COC(=O)C1=C(C)N(c2cccc(C(F)(F)F)c2)C(=N)N(C(N)=O)[C@H]1c1ccc(C#N)cc1CCCCCO. The third kappa shape index (κ3) is 6.04. The zero-order chi connectivity index (χ0) is 28.9. The molecule has 1 heterocycles. The summed E-state index contributed by atoms with van der Waals surface area (Å²) in [5.41, 5.74) is 5.93. The molecule has 2 aromatic rings. The van der Waals surface area contributed by atoms with Gasteiger partial charge in [-0.15, -0.1) is 0 Å². The highest BCUT2D eigenvalue weighted by molar-refractivity contribution is 6.10. The number of guanidine groups is 1.